The highest BCUT2D eigenvalue weighted by Crippen LogP contribution is 2.56. The van der Waals surface area contributed by atoms with Crippen LogP contribution in [0.2, 0.25) is 0 Å². The third-order valence-electron chi connectivity index (χ3n) is 5.28. The van der Waals surface area contributed by atoms with Crippen molar-refractivity contribution in [3.8, 4) is 17.2 Å². The maximum Gasteiger partial charge on any atom is 0.340 e. The van der Waals surface area contributed by atoms with E-state index in [1.807, 2.05) is 0 Å². The highest BCUT2D eigenvalue weighted by Gasteiger charge is 2.53. The Morgan fingerprint density at radius 2 is 1.33 bits per heavy atom. The minimum atomic E-state index is -1.48. The van der Waals surface area contributed by atoms with Gasteiger partial charge in [0.2, 0.25) is 0 Å². The fraction of sp³-hybridized carbons (Fsp3) is 0.0455. The van der Waals surface area contributed by atoms with Gasteiger partial charge >= 0.3 is 17.9 Å². The summed E-state index contributed by atoms with van der Waals surface area (Å²) in [5.74, 6) is -2.82. The molecule has 0 aliphatic carbocycles. The number of benzene rings is 3. The Morgan fingerprint density at radius 1 is 0.767 bits per heavy atom. The molecule has 8 heteroatoms. The zero-order chi connectivity index (χ0) is 21.2. The summed E-state index contributed by atoms with van der Waals surface area (Å²) in [7, 11) is 0. The molecule has 2 aliphatic heterocycles. The van der Waals surface area contributed by atoms with Crippen LogP contribution in [-0.4, -0.2) is 33.2 Å². The van der Waals surface area contributed by atoms with Crippen LogP contribution < -0.4 is 4.74 Å². The van der Waals surface area contributed by atoms with Crippen molar-refractivity contribution >= 4 is 17.9 Å². The van der Waals surface area contributed by atoms with E-state index in [0.29, 0.717) is 16.7 Å². The number of carboxylic acids is 2. The van der Waals surface area contributed by atoms with Crippen LogP contribution >= 0.6 is 0 Å². The Labute approximate surface area is 168 Å². The van der Waals surface area contributed by atoms with Crippen molar-refractivity contribution in [3.63, 3.8) is 0 Å². The SMILES string of the molecule is O=C(O)c1ccc2c(c1)Oc1cc(O)ccc1C21OC(=O)c2cc(C(=O)O)ccc21. The summed E-state index contributed by atoms with van der Waals surface area (Å²) < 4.78 is 11.7. The number of carbonyl (C=O) groups excluding carboxylic acids is 1. The van der Waals surface area contributed by atoms with Crippen molar-refractivity contribution in [2.24, 2.45) is 0 Å². The van der Waals surface area contributed by atoms with Gasteiger partial charge < -0.3 is 24.8 Å². The van der Waals surface area contributed by atoms with E-state index in [-0.39, 0.29) is 33.9 Å². The van der Waals surface area contributed by atoms with E-state index in [9.17, 15) is 29.7 Å². The average Bonchev–Trinajstić information content (AvgIpc) is 3.00. The van der Waals surface area contributed by atoms with E-state index in [1.54, 1.807) is 6.07 Å². The maximum atomic E-state index is 12.8. The molecule has 1 spiro atoms. The summed E-state index contributed by atoms with van der Waals surface area (Å²) in [6.45, 7) is 0. The lowest BCUT2D eigenvalue weighted by Crippen LogP contribution is -2.33. The third kappa shape index (κ3) is 2.24. The minimum Gasteiger partial charge on any atom is -0.508 e. The second-order valence-electron chi connectivity index (χ2n) is 6.93. The van der Waals surface area contributed by atoms with Gasteiger partial charge in [0.25, 0.3) is 0 Å². The number of aromatic carboxylic acids is 2. The van der Waals surface area contributed by atoms with Gasteiger partial charge in [-0.25, -0.2) is 14.4 Å². The summed E-state index contributed by atoms with van der Waals surface area (Å²) in [4.78, 5) is 35.5. The predicted octanol–water partition coefficient (Wildman–Crippen LogP) is 3.36. The van der Waals surface area contributed by atoms with Crippen LogP contribution in [0.15, 0.2) is 54.6 Å². The molecular weight excluding hydrogens is 392 g/mol. The van der Waals surface area contributed by atoms with Crippen molar-refractivity contribution in [2.45, 2.75) is 5.60 Å². The number of fused-ring (bicyclic) bond motifs is 6. The fourth-order valence-electron chi connectivity index (χ4n) is 3.98. The Balaban J connectivity index is 1.85. The number of rotatable bonds is 2. The molecule has 3 aromatic carbocycles. The molecule has 8 nitrogen and oxygen atoms in total. The van der Waals surface area contributed by atoms with Crippen LogP contribution in [0.4, 0.5) is 0 Å². The minimum absolute atomic E-state index is 0.0294. The van der Waals surface area contributed by atoms with Crippen molar-refractivity contribution in [3.05, 3.63) is 88.0 Å². The van der Waals surface area contributed by atoms with Gasteiger partial charge in [0, 0.05) is 22.8 Å². The number of carboxylic acid groups (broad SMARTS) is 2. The van der Waals surface area contributed by atoms with Gasteiger partial charge in [0.1, 0.15) is 17.2 Å². The standard InChI is InChI=1S/C22H12O8/c23-12-3-6-16-18(9-12)29-17-8-11(20(26)27)2-5-15(17)22(16)14-4-1-10(19(24)25)7-13(14)21(28)30-22/h1-9,23H,(H,24,25)(H,26,27). The van der Waals surface area contributed by atoms with Gasteiger partial charge in [-0.05, 0) is 42.5 Å². The number of phenolic OH excluding ortho intramolecular Hbond substituents is 1. The third-order valence-corrected chi connectivity index (χ3v) is 5.28. The molecule has 0 amide bonds. The Kier molecular flexibility index (Phi) is 3.45. The first kappa shape index (κ1) is 17.7. The molecule has 2 aliphatic rings. The Morgan fingerprint density at radius 3 is 2.00 bits per heavy atom. The molecule has 0 radical (unpaired) electrons. The predicted molar refractivity (Wildman–Crippen MR) is 100 cm³/mol. The molecule has 30 heavy (non-hydrogen) atoms. The van der Waals surface area contributed by atoms with E-state index < -0.39 is 23.5 Å². The number of hydrogen-bond donors (Lipinski definition) is 3. The van der Waals surface area contributed by atoms with Crippen molar-refractivity contribution in [1.82, 2.24) is 0 Å². The van der Waals surface area contributed by atoms with Crippen LogP contribution in [0, 0.1) is 0 Å². The van der Waals surface area contributed by atoms with Gasteiger partial charge in [-0.15, -0.1) is 0 Å². The second-order valence-corrected chi connectivity index (χ2v) is 6.93. The Bertz CT molecular complexity index is 1290. The van der Waals surface area contributed by atoms with E-state index in [1.165, 1.54) is 48.5 Å². The summed E-state index contributed by atoms with van der Waals surface area (Å²) in [5, 5.41) is 28.5. The van der Waals surface area contributed by atoms with Crippen LogP contribution in [0.1, 0.15) is 47.8 Å². The van der Waals surface area contributed by atoms with Gasteiger partial charge in [0.15, 0.2) is 5.60 Å². The first-order chi connectivity index (χ1) is 14.3. The number of hydrogen-bond acceptors (Lipinski definition) is 6. The van der Waals surface area contributed by atoms with Gasteiger partial charge in [-0.2, -0.15) is 0 Å². The van der Waals surface area contributed by atoms with Crippen LogP contribution in [0.5, 0.6) is 17.2 Å². The van der Waals surface area contributed by atoms with Crippen LogP contribution in [-0.2, 0) is 10.3 Å². The average molecular weight is 404 g/mol. The molecule has 0 aromatic heterocycles. The molecule has 0 fully saturated rings. The zero-order valence-electron chi connectivity index (χ0n) is 15.1. The van der Waals surface area contributed by atoms with E-state index in [2.05, 4.69) is 0 Å². The van der Waals surface area contributed by atoms with E-state index >= 15 is 0 Å². The van der Waals surface area contributed by atoms with Crippen molar-refractivity contribution in [2.75, 3.05) is 0 Å². The maximum absolute atomic E-state index is 12.8. The number of carbonyl (C=O) groups is 3. The lowest BCUT2D eigenvalue weighted by Gasteiger charge is -2.36. The van der Waals surface area contributed by atoms with Gasteiger partial charge in [-0.1, -0.05) is 6.07 Å². The Hall–Kier alpha value is -4.33. The van der Waals surface area contributed by atoms with Crippen molar-refractivity contribution < 1.29 is 39.2 Å². The lowest BCUT2D eigenvalue weighted by molar-refractivity contribution is 0.0223. The molecule has 1 unspecified atom stereocenters. The van der Waals surface area contributed by atoms with Crippen LogP contribution in [0.3, 0.4) is 0 Å². The number of phenols is 1. The molecule has 3 aromatic rings. The molecule has 1 atom stereocenters. The monoisotopic (exact) mass is 404 g/mol. The topological polar surface area (TPSA) is 130 Å². The van der Waals surface area contributed by atoms with Gasteiger partial charge in [0.05, 0.1) is 16.7 Å². The lowest BCUT2D eigenvalue weighted by atomic mass is 9.77. The molecule has 3 N–H and O–H groups in total. The number of ether oxygens (including phenoxy) is 2. The fourth-order valence-corrected chi connectivity index (χ4v) is 3.98. The first-order valence-electron chi connectivity index (χ1n) is 8.81. The first-order valence-corrected chi connectivity index (χ1v) is 8.81. The molecule has 0 saturated heterocycles. The van der Waals surface area contributed by atoms with Crippen molar-refractivity contribution in [1.29, 1.82) is 0 Å². The number of esters is 1. The highest BCUT2D eigenvalue weighted by molar-refractivity contribution is 6.00. The summed E-state index contributed by atoms with van der Waals surface area (Å²) in [6, 6.07) is 12.6. The van der Waals surface area contributed by atoms with E-state index in [4.69, 9.17) is 9.47 Å². The quantitative estimate of drug-likeness (QED) is 0.554. The van der Waals surface area contributed by atoms with E-state index in [0.717, 1.165) is 0 Å². The highest BCUT2D eigenvalue weighted by atomic mass is 16.6. The second kappa shape index (κ2) is 5.84. The smallest absolute Gasteiger partial charge is 0.340 e. The zero-order valence-corrected chi connectivity index (χ0v) is 15.1. The number of aromatic hydroxyl groups is 1. The summed E-state index contributed by atoms with van der Waals surface area (Å²) in [5.41, 5.74) is -0.273. The van der Waals surface area contributed by atoms with Crippen LogP contribution in [0.25, 0.3) is 0 Å². The largest absolute Gasteiger partial charge is 0.508 e. The summed E-state index contributed by atoms with van der Waals surface area (Å²) >= 11 is 0. The molecular formula is C22H12O8. The summed E-state index contributed by atoms with van der Waals surface area (Å²) in [6.07, 6.45) is 0. The molecule has 0 saturated carbocycles. The molecule has 148 valence electrons. The normalized spacial score (nSPS) is 18.1. The molecule has 0 bridgehead atoms. The van der Waals surface area contributed by atoms with Gasteiger partial charge in [-0.3, -0.25) is 0 Å². The molecule has 5 rings (SSSR count). The molecule has 2 heterocycles.